The van der Waals surface area contributed by atoms with Crippen molar-refractivity contribution in [2.45, 2.75) is 39.5 Å². The molecule has 1 aliphatic heterocycles. The number of hydrogen-bond acceptors (Lipinski definition) is 2. The van der Waals surface area contributed by atoms with E-state index in [-0.39, 0.29) is 0 Å². The lowest BCUT2D eigenvalue weighted by Crippen LogP contribution is -2.04. The Kier molecular flexibility index (Phi) is 4.28. The maximum absolute atomic E-state index is 4.44. The number of allylic oxidation sites excluding steroid dienone is 3. The van der Waals surface area contributed by atoms with Crippen molar-refractivity contribution in [1.82, 2.24) is 0 Å². The summed E-state index contributed by atoms with van der Waals surface area (Å²) >= 11 is 1.72. The summed E-state index contributed by atoms with van der Waals surface area (Å²) in [6.07, 6.45) is 8.98. The van der Waals surface area contributed by atoms with E-state index in [0.29, 0.717) is 0 Å². The fourth-order valence-electron chi connectivity index (χ4n) is 2.91. The summed E-state index contributed by atoms with van der Waals surface area (Å²) in [5.74, 6) is 0.745. The zero-order chi connectivity index (χ0) is 13.1. The van der Waals surface area contributed by atoms with Crippen molar-refractivity contribution >= 4 is 16.8 Å². The van der Waals surface area contributed by atoms with Gasteiger partial charge in [0.05, 0.1) is 0 Å². The molecule has 18 heavy (non-hydrogen) atoms. The van der Waals surface area contributed by atoms with Crippen LogP contribution in [-0.2, 0) is 0 Å². The van der Waals surface area contributed by atoms with E-state index >= 15 is 0 Å². The van der Waals surface area contributed by atoms with E-state index < -0.39 is 0 Å². The lowest BCUT2D eigenvalue weighted by Gasteiger charge is -2.14. The lowest BCUT2D eigenvalue weighted by atomic mass is 9.91. The molecule has 0 amide bonds. The van der Waals surface area contributed by atoms with Crippen LogP contribution in [0.25, 0.3) is 0 Å². The van der Waals surface area contributed by atoms with Gasteiger partial charge in [0.2, 0.25) is 0 Å². The van der Waals surface area contributed by atoms with Crippen molar-refractivity contribution in [2.24, 2.45) is 10.9 Å². The summed E-state index contributed by atoms with van der Waals surface area (Å²) in [5, 5.41) is 1.10. The maximum Gasteiger partial charge on any atom is 0.108 e. The highest BCUT2D eigenvalue weighted by molar-refractivity contribution is 8.18. The van der Waals surface area contributed by atoms with Gasteiger partial charge in [0, 0.05) is 16.7 Å². The molecule has 0 spiro atoms. The van der Waals surface area contributed by atoms with E-state index in [4.69, 9.17) is 0 Å². The van der Waals surface area contributed by atoms with Crippen LogP contribution in [0.5, 0.6) is 0 Å². The van der Waals surface area contributed by atoms with Crippen LogP contribution in [0.3, 0.4) is 0 Å². The van der Waals surface area contributed by atoms with E-state index in [1.165, 1.54) is 47.3 Å². The van der Waals surface area contributed by atoms with E-state index in [0.717, 1.165) is 11.0 Å². The van der Waals surface area contributed by atoms with Crippen molar-refractivity contribution in [3.63, 3.8) is 0 Å². The van der Waals surface area contributed by atoms with Crippen LogP contribution < -0.4 is 0 Å². The summed E-state index contributed by atoms with van der Waals surface area (Å²) in [6, 6.07) is 0. The van der Waals surface area contributed by atoms with Crippen molar-refractivity contribution in [2.75, 3.05) is 0 Å². The van der Waals surface area contributed by atoms with Gasteiger partial charge in [-0.25, -0.2) is 4.99 Å². The Morgan fingerprint density at radius 3 is 2.56 bits per heavy atom. The summed E-state index contributed by atoms with van der Waals surface area (Å²) in [7, 11) is 0. The Morgan fingerprint density at radius 2 is 2.00 bits per heavy atom. The molecule has 96 valence electrons. The summed E-state index contributed by atoms with van der Waals surface area (Å²) < 4.78 is 0. The predicted molar refractivity (Wildman–Crippen MR) is 82.8 cm³/mol. The fraction of sp³-hybridized carbons (Fsp3) is 0.438. The van der Waals surface area contributed by atoms with Crippen LogP contribution in [0.2, 0.25) is 0 Å². The molecule has 1 nitrogen and oxygen atoms in total. The topological polar surface area (TPSA) is 12.4 Å². The number of thioether (sulfide) groups is 1. The summed E-state index contributed by atoms with van der Waals surface area (Å²) in [5.41, 5.74) is 4.19. The molecule has 2 aliphatic rings. The lowest BCUT2D eigenvalue weighted by molar-refractivity contribution is 0.639. The van der Waals surface area contributed by atoms with Crippen LogP contribution >= 0.6 is 11.8 Å². The van der Waals surface area contributed by atoms with Crippen molar-refractivity contribution in [3.8, 4) is 0 Å². The van der Waals surface area contributed by atoms with Gasteiger partial charge in [0.25, 0.3) is 0 Å². The highest BCUT2D eigenvalue weighted by Crippen LogP contribution is 2.43. The number of hydrogen-bond donors (Lipinski definition) is 0. The van der Waals surface area contributed by atoms with E-state index in [1.807, 2.05) is 6.08 Å². The van der Waals surface area contributed by atoms with Crippen molar-refractivity contribution in [3.05, 3.63) is 47.1 Å². The molecule has 2 heteroatoms. The molecule has 0 unspecified atom stereocenters. The van der Waals surface area contributed by atoms with Gasteiger partial charge in [-0.3, -0.25) is 0 Å². The Balaban J connectivity index is 2.45. The molecule has 0 atom stereocenters. The predicted octanol–water partition coefficient (Wildman–Crippen LogP) is 5.24. The van der Waals surface area contributed by atoms with Gasteiger partial charge < -0.3 is 0 Å². The zero-order valence-electron chi connectivity index (χ0n) is 11.3. The third kappa shape index (κ3) is 2.39. The van der Waals surface area contributed by atoms with Gasteiger partial charge >= 0.3 is 0 Å². The van der Waals surface area contributed by atoms with Gasteiger partial charge in [0.1, 0.15) is 5.04 Å². The van der Waals surface area contributed by atoms with E-state index in [2.05, 4.69) is 32.0 Å². The Morgan fingerprint density at radius 1 is 1.33 bits per heavy atom. The molecular weight excluding hydrogens is 238 g/mol. The third-order valence-corrected chi connectivity index (χ3v) is 5.12. The average Bonchev–Trinajstić information content (AvgIpc) is 2.97. The monoisotopic (exact) mass is 259 g/mol. The minimum absolute atomic E-state index is 0.745. The van der Waals surface area contributed by atoms with Crippen LogP contribution in [-0.4, -0.2) is 5.04 Å². The Labute approximate surface area is 114 Å². The molecule has 0 radical (unpaired) electrons. The first-order valence-corrected chi connectivity index (χ1v) is 7.42. The summed E-state index contributed by atoms with van der Waals surface area (Å²) in [6.45, 7) is 12.1. The molecule has 0 N–H and O–H groups in total. The van der Waals surface area contributed by atoms with E-state index in [9.17, 15) is 0 Å². The Bertz CT molecular complexity index is 459. The number of nitrogens with zero attached hydrogens (tertiary/aromatic N) is 1. The molecule has 0 saturated heterocycles. The molecule has 0 aromatic carbocycles. The molecule has 1 fully saturated rings. The molecule has 2 rings (SSSR count). The quantitative estimate of drug-likeness (QED) is 0.675. The molecule has 1 aliphatic carbocycles. The molecule has 1 heterocycles. The fourth-order valence-corrected chi connectivity index (χ4v) is 4.00. The zero-order valence-corrected chi connectivity index (χ0v) is 12.1. The van der Waals surface area contributed by atoms with E-state index in [1.54, 1.807) is 18.0 Å². The van der Waals surface area contributed by atoms with Gasteiger partial charge in [-0.05, 0) is 38.2 Å². The maximum atomic E-state index is 4.44. The standard InChI is InChI=1S/C16H21NS/c1-5-14-12(4)15(16(18-14)17-6-2)11(3)13-9-7-8-10-13/h5-6,13H,1-2,7-10H2,3-4H3/b15-11+,17-16?. The van der Waals surface area contributed by atoms with Crippen LogP contribution in [0.1, 0.15) is 39.5 Å². The number of aliphatic imine (C=N–C) groups is 1. The smallest absolute Gasteiger partial charge is 0.108 e. The van der Waals surface area contributed by atoms with Crippen LogP contribution in [0, 0.1) is 5.92 Å². The minimum Gasteiger partial charge on any atom is -0.250 e. The minimum atomic E-state index is 0.745. The van der Waals surface area contributed by atoms with Crippen LogP contribution in [0.4, 0.5) is 0 Å². The summed E-state index contributed by atoms with van der Waals surface area (Å²) in [4.78, 5) is 5.68. The average molecular weight is 259 g/mol. The first-order chi connectivity index (χ1) is 8.69. The van der Waals surface area contributed by atoms with Gasteiger partial charge in [-0.1, -0.05) is 49.4 Å². The first kappa shape index (κ1) is 13.4. The van der Waals surface area contributed by atoms with Crippen LogP contribution in [0.15, 0.2) is 52.1 Å². The SMILES string of the molecule is C=CN=C1SC(C=C)=C(C)/C1=C(/C)C1CCCC1. The van der Waals surface area contributed by atoms with Gasteiger partial charge in [-0.15, -0.1) is 0 Å². The third-order valence-electron chi connectivity index (χ3n) is 3.92. The molecule has 0 aromatic heterocycles. The first-order valence-electron chi connectivity index (χ1n) is 6.60. The molecule has 0 bridgehead atoms. The normalized spacial score (nSPS) is 26.0. The molecule has 1 saturated carbocycles. The second kappa shape index (κ2) is 5.75. The second-order valence-corrected chi connectivity index (χ2v) is 5.98. The second-order valence-electron chi connectivity index (χ2n) is 4.95. The molecular formula is C16H21NS. The van der Waals surface area contributed by atoms with Gasteiger partial charge in [0.15, 0.2) is 0 Å². The highest BCUT2D eigenvalue weighted by Gasteiger charge is 2.27. The van der Waals surface area contributed by atoms with Crippen molar-refractivity contribution < 1.29 is 0 Å². The van der Waals surface area contributed by atoms with Crippen molar-refractivity contribution in [1.29, 1.82) is 0 Å². The number of rotatable bonds is 3. The highest BCUT2D eigenvalue weighted by atomic mass is 32.2. The largest absolute Gasteiger partial charge is 0.250 e. The van der Waals surface area contributed by atoms with Gasteiger partial charge in [-0.2, -0.15) is 0 Å². The molecule has 0 aromatic rings. The Hall–Kier alpha value is -1.02.